The maximum atomic E-state index is 12.8. The summed E-state index contributed by atoms with van der Waals surface area (Å²) in [5.41, 5.74) is 0. The minimum atomic E-state index is -0.565. The molecule has 0 radical (unpaired) electrons. The first-order valence-corrected chi connectivity index (χ1v) is 8.66. The standard InChI is InChI=1S/C16H26N4O3/c1-17-14(21)11-9-10(11)13(16(23)20-7-2-3-8-20)19-15(22)12-5-4-6-18-12/h10-13,18H,2-9H2,1H3,(H,17,21)(H,19,22)/t10-,11+,12+,13+/m1/s1. The highest BCUT2D eigenvalue weighted by atomic mass is 16.2. The summed E-state index contributed by atoms with van der Waals surface area (Å²) in [4.78, 5) is 38.8. The Labute approximate surface area is 136 Å². The quantitative estimate of drug-likeness (QED) is 0.620. The average Bonchev–Trinajstić information content (AvgIpc) is 3.01. The Balaban J connectivity index is 1.67. The fourth-order valence-electron chi connectivity index (χ4n) is 3.72. The van der Waals surface area contributed by atoms with Crippen LogP contribution in [0.3, 0.4) is 0 Å². The summed E-state index contributed by atoms with van der Waals surface area (Å²) in [5.74, 6) is -0.405. The summed E-state index contributed by atoms with van der Waals surface area (Å²) in [6.45, 7) is 2.35. The van der Waals surface area contributed by atoms with E-state index in [-0.39, 0.29) is 35.6 Å². The number of carbonyl (C=O) groups excluding carboxylic acids is 3. The molecule has 4 atom stereocenters. The minimum absolute atomic E-state index is 0.0229. The van der Waals surface area contributed by atoms with E-state index in [0.29, 0.717) is 6.42 Å². The number of nitrogens with one attached hydrogen (secondary N) is 3. The largest absolute Gasteiger partial charge is 0.359 e. The van der Waals surface area contributed by atoms with Gasteiger partial charge in [0.2, 0.25) is 17.7 Å². The van der Waals surface area contributed by atoms with Crippen molar-refractivity contribution in [3.8, 4) is 0 Å². The lowest BCUT2D eigenvalue weighted by Gasteiger charge is -2.25. The Morgan fingerprint density at radius 1 is 1.13 bits per heavy atom. The Morgan fingerprint density at radius 2 is 1.87 bits per heavy atom. The molecule has 3 rings (SSSR count). The third-order valence-electron chi connectivity index (χ3n) is 5.21. The van der Waals surface area contributed by atoms with Crippen molar-refractivity contribution in [3.63, 3.8) is 0 Å². The van der Waals surface area contributed by atoms with E-state index in [9.17, 15) is 14.4 Å². The molecule has 0 unspecified atom stereocenters. The van der Waals surface area contributed by atoms with Gasteiger partial charge < -0.3 is 20.9 Å². The van der Waals surface area contributed by atoms with Gasteiger partial charge in [-0.3, -0.25) is 14.4 Å². The van der Waals surface area contributed by atoms with Crippen LogP contribution in [-0.2, 0) is 14.4 Å². The Kier molecular flexibility index (Phi) is 4.84. The molecule has 1 aliphatic carbocycles. The molecule has 2 heterocycles. The average molecular weight is 322 g/mol. The maximum absolute atomic E-state index is 12.8. The Bertz CT molecular complexity index is 484. The van der Waals surface area contributed by atoms with Gasteiger partial charge in [0.15, 0.2) is 0 Å². The Hall–Kier alpha value is -1.63. The molecule has 7 nitrogen and oxygen atoms in total. The molecular formula is C16H26N4O3. The van der Waals surface area contributed by atoms with Gasteiger partial charge in [-0.15, -0.1) is 0 Å². The summed E-state index contributed by atoms with van der Waals surface area (Å²) in [5, 5.41) is 8.73. The second-order valence-electron chi connectivity index (χ2n) is 6.79. The zero-order valence-corrected chi connectivity index (χ0v) is 13.6. The van der Waals surface area contributed by atoms with E-state index in [1.54, 1.807) is 7.05 Å². The van der Waals surface area contributed by atoms with E-state index in [1.165, 1.54) is 0 Å². The van der Waals surface area contributed by atoms with Crippen molar-refractivity contribution in [3.05, 3.63) is 0 Å². The summed E-state index contributed by atoms with van der Waals surface area (Å²) in [6, 6.07) is -0.772. The van der Waals surface area contributed by atoms with Crippen LogP contribution >= 0.6 is 0 Å². The lowest BCUT2D eigenvalue weighted by Crippen LogP contribution is -2.53. The van der Waals surface area contributed by atoms with Gasteiger partial charge in [0.05, 0.1) is 6.04 Å². The molecule has 0 bridgehead atoms. The van der Waals surface area contributed by atoms with Crippen molar-refractivity contribution in [2.24, 2.45) is 11.8 Å². The van der Waals surface area contributed by atoms with Gasteiger partial charge in [-0.1, -0.05) is 0 Å². The van der Waals surface area contributed by atoms with Crippen LogP contribution in [0, 0.1) is 11.8 Å². The van der Waals surface area contributed by atoms with E-state index in [1.807, 2.05) is 4.90 Å². The number of hydrogen-bond donors (Lipinski definition) is 3. The molecule has 0 aromatic rings. The number of likely N-dealkylation sites (tertiary alicyclic amines) is 1. The summed E-state index contributed by atoms with van der Waals surface area (Å²) in [6.07, 6.45) is 4.48. The molecular weight excluding hydrogens is 296 g/mol. The number of rotatable bonds is 5. The van der Waals surface area contributed by atoms with Crippen molar-refractivity contribution in [1.82, 2.24) is 20.9 Å². The normalized spacial score (nSPS) is 30.8. The van der Waals surface area contributed by atoms with Gasteiger partial charge in [-0.2, -0.15) is 0 Å². The zero-order chi connectivity index (χ0) is 16.4. The fourth-order valence-corrected chi connectivity index (χ4v) is 3.72. The predicted molar refractivity (Wildman–Crippen MR) is 84.4 cm³/mol. The predicted octanol–water partition coefficient (Wildman–Crippen LogP) is -0.772. The van der Waals surface area contributed by atoms with Crippen LogP contribution in [0.2, 0.25) is 0 Å². The molecule has 7 heteroatoms. The molecule has 128 valence electrons. The highest BCUT2D eigenvalue weighted by molar-refractivity contribution is 5.92. The SMILES string of the molecule is CNC(=O)[C@H]1C[C@H]1[C@H](NC(=O)[C@@H]1CCCN1)C(=O)N1CCCC1. The van der Waals surface area contributed by atoms with Crippen molar-refractivity contribution in [2.45, 2.75) is 44.2 Å². The molecule has 2 aliphatic heterocycles. The van der Waals surface area contributed by atoms with Gasteiger partial charge in [0, 0.05) is 32.0 Å². The van der Waals surface area contributed by atoms with E-state index in [0.717, 1.165) is 45.3 Å². The van der Waals surface area contributed by atoms with Crippen LogP contribution < -0.4 is 16.0 Å². The number of amides is 3. The number of carbonyl (C=O) groups is 3. The lowest BCUT2D eigenvalue weighted by molar-refractivity contribution is -0.137. The molecule has 3 N–H and O–H groups in total. The van der Waals surface area contributed by atoms with Gasteiger partial charge in [0.25, 0.3) is 0 Å². The summed E-state index contributed by atoms with van der Waals surface area (Å²) >= 11 is 0. The second kappa shape index (κ2) is 6.86. The summed E-state index contributed by atoms with van der Waals surface area (Å²) < 4.78 is 0. The van der Waals surface area contributed by atoms with E-state index in [4.69, 9.17) is 0 Å². The molecule has 0 spiro atoms. The van der Waals surface area contributed by atoms with Gasteiger partial charge in [0.1, 0.15) is 6.04 Å². The molecule has 23 heavy (non-hydrogen) atoms. The summed E-state index contributed by atoms with van der Waals surface area (Å²) in [7, 11) is 1.61. The van der Waals surface area contributed by atoms with E-state index >= 15 is 0 Å². The first-order valence-electron chi connectivity index (χ1n) is 8.66. The smallest absolute Gasteiger partial charge is 0.245 e. The highest BCUT2D eigenvalue weighted by Gasteiger charge is 2.51. The Morgan fingerprint density at radius 3 is 2.48 bits per heavy atom. The topological polar surface area (TPSA) is 90.5 Å². The molecule has 3 aliphatic rings. The van der Waals surface area contributed by atoms with Crippen LogP contribution in [0.1, 0.15) is 32.1 Å². The molecule has 0 aromatic carbocycles. The van der Waals surface area contributed by atoms with E-state index in [2.05, 4.69) is 16.0 Å². The molecule has 3 amide bonds. The van der Waals surface area contributed by atoms with Crippen molar-refractivity contribution < 1.29 is 14.4 Å². The minimum Gasteiger partial charge on any atom is -0.359 e. The van der Waals surface area contributed by atoms with Gasteiger partial charge in [-0.05, 0) is 38.6 Å². The molecule has 0 aromatic heterocycles. The van der Waals surface area contributed by atoms with Crippen LogP contribution in [0.4, 0.5) is 0 Å². The van der Waals surface area contributed by atoms with Crippen molar-refractivity contribution in [2.75, 3.05) is 26.7 Å². The number of nitrogens with zero attached hydrogens (tertiary/aromatic N) is 1. The second-order valence-corrected chi connectivity index (χ2v) is 6.79. The third kappa shape index (κ3) is 3.49. The molecule has 3 fully saturated rings. The number of hydrogen-bond acceptors (Lipinski definition) is 4. The first kappa shape index (κ1) is 16.2. The van der Waals surface area contributed by atoms with Gasteiger partial charge in [-0.25, -0.2) is 0 Å². The zero-order valence-electron chi connectivity index (χ0n) is 13.6. The molecule has 2 saturated heterocycles. The highest BCUT2D eigenvalue weighted by Crippen LogP contribution is 2.42. The van der Waals surface area contributed by atoms with Crippen molar-refractivity contribution in [1.29, 1.82) is 0 Å². The van der Waals surface area contributed by atoms with E-state index < -0.39 is 6.04 Å². The first-order chi connectivity index (χ1) is 11.1. The van der Waals surface area contributed by atoms with Crippen LogP contribution in [0.5, 0.6) is 0 Å². The van der Waals surface area contributed by atoms with Crippen LogP contribution in [0.15, 0.2) is 0 Å². The monoisotopic (exact) mass is 322 g/mol. The van der Waals surface area contributed by atoms with Crippen LogP contribution in [-0.4, -0.2) is 61.4 Å². The van der Waals surface area contributed by atoms with Crippen LogP contribution in [0.25, 0.3) is 0 Å². The maximum Gasteiger partial charge on any atom is 0.245 e. The van der Waals surface area contributed by atoms with Crippen molar-refractivity contribution >= 4 is 17.7 Å². The lowest BCUT2D eigenvalue weighted by atomic mass is 10.1. The fraction of sp³-hybridized carbons (Fsp3) is 0.812. The third-order valence-corrected chi connectivity index (χ3v) is 5.21. The molecule has 1 saturated carbocycles. The van der Waals surface area contributed by atoms with Gasteiger partial charge >= 0.3 is 0 Å².